The molecule has 0 spiro atoms. The van der Waals surface area contributed by atoms with Gasteiger partial charge in [-0.05, 0) is 37.6 Å². The van der Waals surface area contributed by atoms with Crippen LogP contribution in [0.2, 0.25) is 0 Å². The molecule has 2 aromatic rings. The molecule has 1 aliphatic heterocycles. The molecule has 0 saturated carbocycles. The number of aromatic nitrogens is 1. The van der Waals surface area contributed by atoms with Crippen molar-refractivity contribution in [2.75, 3.05) is 31.6 Å². The largest absolute Gasteiger partial charge is 0.369 e. The molecule has 2 heterocycles. The second-order valence-electron chi connectivity index (χ2n) is 6.17. The standard InChI is InChI=1S/C18H24BrN5S.HI/c1-13-11-22-17(25-13)7-9-21-18(20-2)23-15-8-10-24(12-15)16-5-3-14(19)4-6-16;/h3-6,11,15H,7-10,12H2,1-2H3,(H2,20,21,23);1H. The Hall–Kier alpha value is -0.870. The van der Waals surface area contributed by atoms with Crippen LogP contribution >= 0.6 is 51.2 Å². The van der Waals surface area contributed by atoms with Crippen LogP contribution in [-0.4, -0.2) is 43.7 Å². The fraction of sp³-hybridized carbons (Fsp3) is 0.444. The van der Waals surface area contributed by atoms with Crippen LogP contribution in [0.25, 0.3) is 0 Å². The lowest BCUT2D eigenvalue weighted by Crippen LogP contribution is -2.45. The van der Waals surface area contributed by atoms with Crippen molar-refractivity contribution in [3.63, 3.8) is 0 Å². The first-order chi connectivity index (χ1) is 12.1. The molecule has 1 fully saturated rings. The fourth-order valence-corrected chi connectivity index (χ4v) is 4.01. The number of guanidine groups is 1. The summed E-state index contributed by atoms with van der Waals surface area (Å²) in [6.45, 7) is 4.99. The first-order valence-corrected chi connectivity index (χ1v) is 10.1. The second kappa shape index (κ2) is 10.5. The van der Waals surface area contributed by atoms with E-state index in [2.05, 4.69) is 72.6 Å². The van der Waals surface area contributed by atoms with Gasteiger partial charge in [-0.25, -0.2) is 4.98 Å². The van der Waals surface area contributed by atoms with Crippen LogP contribution in [-0.2, 0) is 6.42 Å². The van der Waals surface area contributed by atoms with E-state index in [1.54, 1.807) is 11.3 Å². The van der Waals surface area contributed by atoms with Gasteiger partial charge < -0.3 is 15.5 Å². The molecule has 1 saturated heterocycles. The zero-order chi connectivity index (χ0) is 17.6. The third kappa shape index (κ3) is 6.09. The molecule has 3 rings (SSSR count). The molecule has 0 bridgehead atoms. The molecule has 1 aromatic carbocycles. The first-order valence-electron chi connectivity index (χ1n) is 8.53. The Morgan fingerprint density at radius 3 is 2.81 bits per heavy atom. The lowest BCUT2D eigenvalue weighted by Gasteiger charge is -2.20. The van der Waals surface area contributed by atoms with Gasteiger partial charge in [0.1, 0.15) is 0 Å². The van der Waals surface area contributed by atoms with Crippen LogP contribution in [0.15, 0.2) is 39.9 Å². The molecule has 2 N–H and O–H groups in total. The maximum Gasteiger partial charge on any atom is 0.191 e. The van der Waals surface area contributed by atoms with Gasteiger partial charge in [0.25, 0.3) is 0 Å². The highest BCUT2D eigenvalue weighted by atomic mass is 127. The van der Waals surface area contributed by atoms with E-state index in [9.17, 15) is 0 Å². The summed E-state index contributed by atoms with van der Waals surface area (Å²) in [7, 11) is 1.82. The third-order valence-electron chi connectivity index (χ3n) is 4.24. The Kier molecular flexibility index (Phi) is 8.62. The quantitative estimate of drug-likeness (QED) is 0.338. The summed E-state index contributed by atoms with van der Waals surface area (Å²) in [5.74, 6) is 0.871. The van der Waals surface area contributed by atoms with E-state index in [1.807, 2.05) is 13.2 Å². The summed E-state index contributed by atoms with van der Waals surface area (Å²) in [5.41, 5.74) is 1.27. The number of hydrogen-bond acceptors (Lipinski definition) is 4. The van der Waals surface area contributed by atoms with Crippen molar-refractivity contribution in [3.05, 3.63) is 44.8 Å². The van der Waals surface area contributed by atoms with Crippen LogP contribution in [0.1, 0.15) is 16.3 Å². The van der Waals surface area contributed by atoms with Gasteiger partial charge in [0.05, 0.1) is 5.01 Å². The summed E-state index contributed by atoms with van der Waals surface area (Å²) < 4.78 is 1.12. The Morgan fingerprint density at radius 1 is 1.38 bits per heavy atom. The van der Waals surface area contributed by atoms with Crippen LogP contribution < -0.4 is 15.5 Å². The summed E-state index contributed by atoms with van der Waals surface area (Å²) in [5, 5.41) is 8.11. The maximum atomic E-state index is 4.40. The number of aliphatic imine (C=N–C) groups is 1. The Bertz CT molecular complexity index is 719. The molecular formula is C18H25BrIN5S. The van der Waals surface area contributed by atoms with Gasteiger partial charge in [0, 0.05) is 60.4 Å². The Labute approximate surface area is 184 Å². The lowest BCUT2D eigenvalue weighted by atomic mass is 10.3. The Morgan fingerprint density at radius 2 is 2.15 bits per heavy atom. The van der Waals surface area contributed by atoms with E-state index < -0.39 is 0 Å². The molecule has 8 heteroatoms. The molecule has 1 aliphatic rings. The van der Waals surface area contributed by atoms with Gasteiger partial charge in [-0.1, -0.05) is 15.9 Å². The van der Waals surface area contributed by atoms with E-state index >= 15 is 0 Å². The number of anilines is 1. The SMILES string of the molecule is CN=C(NCCc1ncc(C)s1)NC1CCN(c2ccc(Br)cc2)C1.I. The second-order valence-corrected chi connectivity index (χ2v) is 8.40. The molecule has 0 aliphatic carbocycles. The van der Waals surface area contributed by atoms with Crippen molar-refractivity contribution in [2.45, 2.75) is 25.8 Å². The lowest BCUT2D eigenvalue weighted by molar-refractivity contribution is 0.648. The molecular weight excluding hydrogens is 525 g/mol. The highest BCUT2D eigenvalue weighted by Gasteiger charge is 2.23. The number of aryl methyl sites for hydroxylation is 1. The van der Waals surface area contributed by atoms with Crippen molar-refractivity contribution < 1.29 is 0 Å². The van der Waals surface area contributed by atoms with Crippen molar-refractivity contribution in [3.8, 4) is 0 Å². The maximum absolute atomic E-state index is 4.40. The molecule has 5 nitrogen and oxygen atoms in total. The smallest absolute Gasteiger partial charge is 0.191 e. The van der Waals surface area contributed by atoms with E-state index in [4.69, 9.17) is 0 Å². The topological polar surface area (TPSA) is 52.6 Å². The summed E-state index contributed by atoms with van der Waals surface area (Å²) in [6, 6.07) is 8.93. The third-order valence-corrected chi connectivity index (χ3v) is 5.75. The molecule has 0 amide bonds. The molecule has 1 atom stereocenters. The van der Waals surface area contributed by atoms with Gasteiger partial charge in [0.2, 0.25) is 0 Å². The van der Waals surface area contributed by atoms with E-state index in [0.29, 0.717) is 6.04 Å². The average molecular weight is 550 g/mol. The molecule has 142 valence electrons. The number of benzene rings is 1. The van der Waals surface area contributed by atoms with Gasteiger partial charge in [-0.2, -0.15) is 0 Å². The van der Waals surface area contributed by atoms with Crippen molar-refractivity contribution in [1.82, 2.24) is 15.6 Å². The summed E-state index contributed by atoms with van der Waals surface area (Å²) in [4.78, 5) is 12.4. The number of thiazole rings is 1. The van der Waals surface area contributed by atoms with E-state index in [0.717, 1.165) is 42.9 Å². The van der Waals surface area contributed by atoms with Gasteiger partial charge in [0.15, 0.2) is 5.96 Å². The monoisotopic (exact) mass is 549 g/mol. The predicted molar refractivity (Wildman–Crippen MR) is 125 cm³/mol. The molecule has 26 heavy (non-hydrogen) atoms. The highest BCUT2D eigenvalue weighted by Crippen LogP contribution is 2.22. The summed E-state index contributed by atoms with van der Waals surface area (Å²) in [6.07, 6.45) is 3.97. The molecule has 1 unspecified atom stereocenters. The fourth-order valence-electron chi connectivity index (χ4n) is 2.96. The average Bonchev–Trinajstić information content (AvgIpc) is 3.24. The van der Waals surface area contributed by atoms with Gasteiger partial charge in [-0.15, -0.1) is 35.3 Å². The zero-order valence-electron chi connectivity index (χ0n) is 15.0. The van der Waals surface area contributed by atoms with Gasteiger partial charge in [-0.3, -0.25) is 4.99 Å². The van der Waals surface area contributed by atoms with Crippen LogP contribution in [0, 0.1) is 6.92 Å². The van der Waals surface area contributed by atoms with E-state index in [1.165, 1.54) is 15.6 Å². The number of nitrogens with one attached hydrogen (secondary N) is 2. The number of nitrogens with zero attached hydrogens (tertiary/aromatic N) is 3. The minimum atomic E-state index is 0. The molecule has 0 radical (unpaired) electrons. The van der Waals surface area contributed by atoms with Crippen molar-refractivity contribution >= 4 is 62.9 Å². The zero-order valence-corrected chi connectivity index (χ0v) is 19.8. The van der Waals surface area contributed by atoms with Crippen molar-refractivity contribution in [1.29, 1.82) is 0 Å². The summed E-state index contributed by atoms with van der Waals surface area (Å²) >= 11 is 5.25. The number of rotatable bonds is 5. The van der Waals surface area contributed by atoms with E-state index in [-0.39, 0.29) is 24.0 Å². The minimum Gasteiger partial charge on any atom is -0.369 e. The molecule has 1 aromatic heterocycles. The number of hydrogen-bond donors (Lipinski definition) is 2. The van der Waals surface area contributed by atoms with Crippen molar-refractivity contribution in [2.24, 2.45) is 4.99 Å². The normalized spacial score (nSPS) is 17.1. The van der Waals surface area contributed by atoms with Crippen LogP contribution in [0.4, 0.5) is 5.69 Å². The first kappa shape index (κ1) is 21.4. The highest BCUT2D eigenvalue weighted by molar-refractivity contribution is 14.0. The number of halogens is 2. The predicted octanol–water partition coefficient (Wildman–Crippen LogP) is 3.82. The van der Waals surface area contributed by atoms with Crippen LogP contribution in [0.3, 0.4) is 0 Å². The van der Waals surface area contributed by atoms with Gasteiger partial charge >= 0.3 is 0 Å². The van der Waals surface area contributed by atoms with Crippen LogP contribution in [0.5, 0.6) is 0 Å². The minimum absolute atomic E-state index is 0. The Balaban J connectivity index is 0.00000243.